The van der Waals surface area contributed by atoms with Crippen LogP contribution in [0.5, 0.6) is 5.75 Å². The van der Waals surface area contributed by atoms with Crippen LogP contribution in [0.15, 0.2) is 36.4 Å². The fourth-order valence-electron chi connectivity index (χ4n) is 3.30. The zero-order chi connectivity index (χ0) is 19.4. The van der Waals surface area contributed by atoms with Gasteiger partial charge in [0, 0.05) is 5.56 Å². The standard InChI is InChI=1S/C22H24ClFO3/c1-2-14-5-7-16(8-6-14)18-12-17(13-20(23)21(18)27-10-9-24)19(22(25)26)11-15-3-4-15/h5-8,12-13,15,19H,2-4,9-11H2,1H3,(H,25,26). The van der Waals surface area contributed by atoms with E-state index in [1.807, 2.05) is 30.3 Å². The van der Waals surface area contributed by atoms with Crippen molar-refractivity contribution in [2.75, 3.05) is 13.3 Å². The molecule has 3 rings (SSSR count). The first-order chi connectivity index (χ1) is 13.0. The van der Waals surface area contributed by atoms with Gasteiger partial charge in [-0.3, -0.25) is 4.79 Å². The van der Waals surface area contributed by atoms with Crippen molar-refractivity contribution in [1.82, 2.24) is 0 Å². The molecule has 0 bridgehead atoms. The molecule has 0 aromatic heterocycles. The minimum Gasteiger partial charge on any atom is -0.489 e. The Hall–Kier alpha value is -2.07. The van der Waals surface area contributed by atoms with Crippen molar-refractivity contribution in [1.29, 1.82) is 0 Å². The molecule has 1 atom stereocenters. The van der Waals surface area contributed by atoms with Gasteiger partial charge in [-0.1, -0.05) is 55.6 Å². The van der Waals surface area contributed by atoms with Crippen molar-refractivity contribution in [2.24, 2.45) is 5.92 Å². The third-order valence-electron chi connectivity index (χ3n) is 5.03. The SMILES string of the molecule is CCc1ccc(-c2cc(C(CC3CC3)C(=O)O)cc(Cl)c2OCCF)cc1. The lowest BCUT2D eigenvalue weighted by Gasteiger charge is -2.18. The molecule has 2 aromatic carbocycles. The van der Waals surface area contributed by atoms with E-state index in [9.17, 15) is 14.3 Å². The molecule has 0 radical (unpaired) electrons. The van der Waals surface area contributed by atoms with Gasteiger partial charge in [0.15, 0.2) is 0 Å². The number of aryl methyl sites for hydroxylation is 1. The Morgan fingerprint density at radius 1 is 1.30 bits per heavy atom. The minimum atomic E-state index is -0.845. The molecular formula is C22H24ClFO3. The Bertz CT molecular complexity index is 800. The molecule has 1 unspecified atom stereocenters. The number of hydrogen-bond acceptors (Lipinski definition) is 2. The first kappa shape index (κ1) is 19.7. The molecule has 5 heteroatoms. The fourth-order valence-corrected chi connectivity index (χ4v) is 3.59. The van der Waals surface area contributed by atoms with Crippen LogP contribution in [0.4, 0.5) is 4.39 Å². The van der Waals surface area contributed by atoms with Crippen molar-refractivity contribution in [3.05, 3.63) is 52.5 Å². The highest BCUT2D eigenvalue weighted by atomic mass is 35.5. The molecule has 1 N–H and O–H groups in total. The average Bonchev–Trinajstić information content (AvgIpc) is 3.49. The van der Waals surface area contributed by atoms with E-state index < -0.39 is 18.6 Å². The zero-order valence-corrected chi connectivity index (χ0v) is 16.1. The Morgan fingerprint density at radius 3 is 2.56 bits per heavy atom. The molecule has 1 aliphatic rings. The molecular weight excluding hydrogens is 367 g/mol. The summed E-state index contributed by atoms with van der Waals surface area (Å²) in [5.74, 6) is -0.570. The number of alkyl halides is 1. The summed E-state index contributed by atoms with van der Waals surface area (Å²) in [6.45, 7) is 1.37. The van der Waals surface area contributed by atoms with Gasteiger partial charge in [-0.25, -0.2) is 4.39 Å². The summed E-state index contributed by atoms with van der Waals surface area (Å²) in [5.41, 5.74) is 3.45. The van der Waals surface area contributed by atoms with Gasteiger partial charge in [-0.2, -0.15) is 0 Å². The molecule has 0 heterocycles. The second-order valence-corrected chi connectivity index (χ2v) is 7.44. The third kappa shape index (κ3) is 4.81. The lowest BCUT2D eigenvalue weighted by molar-refractivity contribution is -0.139. The van der Waals surface area contributed by atoms with Crippen molar-refractivity contribution >= 4 is 17.6 Å². The second-order valence-electron chi connectivity index (χ2n) is 7.04. The highest BCUT2D eigenvalue weighted by molar-refractivity contribution is 6.32. The summed E-state index contributed by atoms with van der Waals surface area (Å²) in [6.07, 6.45) is 3.71. The number of halogens is 2. The Morgan fingerprint density at radius 2 is 2.00 bits per heavy atom. The zero-order valence-electron chi connectivity index (χ0n) is 15.4. The van der Waals surface area contributed by atoms with Crippen molar-refractivity contribution in [3.63, 3.8) is 0 Å². The van der Waals surface area contributed by atoms with E-state index in [0.717, 1.165) is 24.8 Å². The van der Waals surface area contributed by atoms with Crippen LogP contribution in [0.2, 0.25) is 5.02 Å². The number of benzene rings is 2. The highest BCUT2D eigenvalue weighted by Crippen LogP contribution is 2.43. The van der Waals surface area contributed by atoms with Gasteiger partial charge in [0.25, 0.3) is 0 Å². The van der Waals surface area contributed by atoms with Gasteiger partial charge >= 0.3 is 5.97 Å². The van der Waals surface area contributed by atoms with Gasteiger partial charge in [0.2, 0.25) is 0 Å². The van der Waals surface area contributed by atoms with Crippen molar-refractivity contribution in [2.45, 2.75) is 38.5 Å². The summed E-state index contributed by atoms with van der Waals surface area (Å²) in [6, 6.07) is 11.5. The highest BCUT2D eigenvalue weighted by Gasteiger charge is 2.31. The monoisotopic (exact) mass is 390 g/mol. The summed E-state index contributed by atoms with van der Waals surface area (Å²) in [5, 5.41) is 10.0. The molecule has 1 saturated carbocycles. The smallest absolute Gasteiger partial charge is 0.310 e. The molecule has 0 amide bonds. The van der Waals surface area contributed by atoms with Gasteiger partial charge in [0.1, 0.15) is 19.0 Å². The van der Waals surface area contributed by atoms with Crippen LogP contribution in [0.1, 0.15) is 43.2 Å². The molecule has 2 aromatic rings. The van der Waals surface area contributed by atoms with Crippen LogP contribution in [0, 0.1) is 5.92 Å². The van der Waals surface area contributed by atoms with E-state index in [-0.39, 0.29) is 6.61 Å². The molecule has 3 nitrogen and oxygen atoms in total. The van der Waals surface area contributed by atoms with E-state index in [1.165, 1.54) is 5.56 Å². The van der Waals surface area contributed by atoms with Crippen molar-refractivity contribution < 1.29 is 19.0 Å². The first-order valence-corrected chi connectivity index (χ1v) is 9.75. The molecule has 27 heavy (non-hydrogen) atoms. The van der Waals surface area contributed by atoms with E-state index in [4.69, 9.17) is 16.3 Å². The average molecular weight is 391 g/mol. The summed E-state index contributed by atoms with van der Waals surface area (Å²) < 4.78 is 18.2. The minimum absolute atomic E-state index is 0.0937. The topological polar surface area (TPSA) is 46.5 Å². The Balaban J connectivity index is 2.05. The number of carbonyl (C=O) groups is 1. The van der Waals surface area contributed by atoms with E-state index in [2.05, 4.69) is 6.92 Å². The Labute approximate surface area is 164 Å². The van der Waals surface area contributed by atoms with Crippen LogP contribution >= 0.6 is 11.6 Å². The van der Waals surface area contributed by atoms with Crippen LogP contribution in [0.3, 0.4) is 0 Å². The summed E-state index contributed by atoms with van der Waals surface area (Å²) in [7, 11) is 0. The number of aliphatic carboxylic acids is 1. The van der Waals surface area contributed by atoms with Crippen molar-refractivity contribution in [3.8, 4) is 16.9 Å². The van der Waals surface area contributed by atoms with E-state index in [0.29, 0.717) is 34.2 Å². The summed E-state index contributed by atoms with van der Waals surface area (Å²) >= 11 is 6.44. The van der Waals surface area contributed by atoms with Crippen LogP contribution < -0.4 is 4.74 Å². The maximum Gasteiger partial charge on any atom is 0.310 e. The predicted molar refractivity (Wildman–Crippen MR) is 105 cm³/mol. The van der Waals surface area contributed by atoms with Crippen LogP contribution in [-0.2, 0) is 11.2 Å². The van der Waals surface area contributed by atoms with Gasteiger partial charge in [-0.05, 0) is 47.6 Å². The maximum atomic E-state index is 12.7. The number of rotatable bonds is 9. The van der Waals surface area contributed by atoms with Gasteiger partial charge in [-0.15, -0.1) is 0 Å². The van der Waals surface area contributed by atoms with Gasteiger partial charge < -0.3 is 9.84 Å². The molecule has 1 aliphatic carbocycles. The quantitative estimate of drug-likeness (QED) is 0.581. The molecule has 0 aliphatic heterocycles. The van der Waals surface area contributed by atoms with E-state index in [1.54, 1.807) is 6.07 Å². The number of carboxylic acids is 1. The second kappa shape index (κ2) is 8.75. The molecule has 144 valence electrons. The number of ether oxygens (including phenoxy) is 1. The fraction of sp³-hybridized carbons (Fsp3) is 0.409. The third-order valence-corrected chi connectivity index (χ3v) is 5.31. The summed E-state index contributed by atoms with van der Waals surface area (Å²) in [4.78, 5) is 11.8. The predicted octanol–water partition coefficient (Wildman–Crippen LogP) is 5.89. The number of hydrogen-bond donors (Lipinski definition) is 1. The maximum absolute atomic E-state index is 12.7. The van der Waals surface area contributed by atoms with Crippen LogP contribution in [-0.4, -0.2) is 24.4 Å². The molecule has 0 saturated heterocycles. The molecule has 1 fully saturated rings. The van der Waals surface area contributed by atoms with Gasteiger partial charge in [0.05, 0.1) is 10.9 Å². The Kier molecular flexibility index (Phi) is 6.38. The normalized spacial score (nSPS) is 14.8. The lowest BCUT2D eigenvalue weighted by Crippen LogP contribution is -2.13. The van der Waals surface area contributed by atoms with E-state index >= 15 is 0 Å². The first-order valence-electron chi connectivity index (χ1n) is 9.37. The molecule has 0 spiro atoms. The number of carboxylic acid groups (broad SMARTS) is 1. The largest absolute Gasteiger partial charge is 0.489 e. The van der Waals surface area contributed by atoms with Crippen LogP contribution in [0.25, 0.3) is 11.1 Å². The lowest BCUT2D eigenvalue weighted by atomic mass is 9.90.